The molecule has 0 spiro atoms. The molecule has 2 aromatic rings. The zero-order valence-corrected chi connectivity index (χ0v) is 11.8. The molecule has 20 heavy (non-hydrogen) atoms. The number of aryl methyl sites for hydroxylation is 2. The van der Waals surface area contributed by atoms with E-state index in [0.29, 0.717) is 18.0 Å². The van der Waals surface area contributed by atoms with Crippen LogP contribution in [0.25, 0.3) is 0 Å². The fourth-order valence-corrected chi connectivity index (χ4v) is 2.43. The summed E-state index contributed by atoms with van der Waals surface area (Å²) in [6.07, 6.45) is 1.29. The molecule has 0 saturated carbocycles. The Morgan fingerprint density at radius 1 is 1.30 bits per heavy atom. The molecule has 0 aliphatic carbocycles. The van der Waals surface area contributed by atoms with Crippen LogP contribution in [0.2, 0.25) is 0 Å². The molecule has 106 valence electrons. The average molecular weight is 293 g/mol. The van der Waals surface area contributed by atoms with Crippen LogP contribution in [0.3, 0.4) is 0 Å². The van der Waals surface area contributed by atoms with E-state index in [1.54, 1.807) is 16.7 Å². The molecule has 0 aliphatic heterocycles. The van der Waals surface area contributed by atoms with Gasteiger partial charge in [-0.2, -0.15) is 0 Å². The summed E-state index contributed by atoms with van der Waals surface area (Å²) in [6.45, 7) is 0. The zero-order valence-electron chi connectivity index (χ0n) is 11.0. The van der Waals surface area contributed by atoms with Crippen molar-refractivity contribution in [2.24, 2.45) is 7.05 Å². The van der Waals surface area contributed by atoms with Gasteiger partial charge in [0.05, 0.1) is 5.75 Å². The highest BCUT2D eigenvalue weighted by molar-refractivity contribution is 7.99. The Balaban J connectivity index is 2.00. The molecule has 0 aliphatic rings. The van der Waals surface area contributed by atoms with E-state index >= 15 is 0 Å². The summed E-state index contributed by atoms with van der Waals surface area (Å²) in [4.78, 5) is 10.5. The smallest absolute Gasteiger partial charge is 0.313 e. The lowest BCUT2D eigenvalue weighted by Gasteiger charge is -2.05. The second kappa shape index (κ2) is 6.42. The van der Waals surface area contributed by atoms with Crippen molar-refractivity contribution in [1.82, 2.24) is 14.8 Å². The van der Waals surface area contributed by atoms with Crippen molar-refractivity contribution >= 4 is 17.7 Å². The van der Waals surface area contributed by atoms with Gasteiger partial charge >= 0.3 is 5.97 Å². The van der Waals surface area contributed by atoms with E-state index in [4.69, 9.17) is 5.11 Å². The summed E-state index contributed by atoms with van der Waals surface area (Å²) in [7, 11) is 1.81. The number of aromatic hydroxyl groups is 1. The Morgan fingerprint density at radius 3 is 2.75 bits per heavy atom. The minimum Gasteiger partial charge on any atom is -0.508 e. The van der Waals surface area contributed by atoms with Crippen LogP contribution in [-0.2, 0) is 24.7 Å². The van der Waals surface area contributed by atoms with Gasteiger partial charge in [-0.15, -0.1) is 10.2 Å². The van der Waals surface area contributed by atoms with Crippen LogP contribution >= 0.6 is 11.8 Å². The number of thioether (sulfide) groups is 1. The first-order chi connectivity index (χ1) is 9.58. The van der Waals surface area contributed by atoms with Crippen LogP contribution < -0.4 is 0 Å². The van der Waals surface area contributed by atoms with E-state index in [2.05, 4.69) is 10.2 Å². The van der Waals surface area contributed by atoms with E-state index in [9.17, 15) is 9.90 Å². The number of carboxylic acid groups (broad SMARTS) is 1. The second-order valence-electron chi connectivity index (χ2n) is 4.27. The summed E-state index contributed by atoms with van der Waals surface area (Å²) in [6, 6.07) is 7.17. The topological polar surface area (TPSA) is 88.2 Å². The monoisotopic (exact) mass is 293 g/mol. The number of aliphatic carboxylic acids is 1. The van der Waals surface area contributed by atoms with Gasteiger partial charge in [0.15, 0.2) is 5.16 Å². The van der Waals surface area contributed by atoms with E-state index in [0.717, 1.165) is 23.1 Å². The predicted octanol–water partition coefficient (Wildman–Crippen LogP) is 1.48. The maximum absolute atomic E-state index is 10.5. The Bertz CT molecular complexity index is 613. The number of para-hydroxylation sites is 1. The van der Waals surface area contributed by atoms with Crippen LogP contribution in [0, 0.1) is 0 Å². The first-order valence-electron chi connectivity index (χ1n) is 6.07. The van der Waals surface area contributed by atoms with Crippen molar-refractivity contribution in [1.29, 1.82) is 0 Å². The van der Waals surface area contributed by atoms with Gasteiger partial charge in [0.2, 0.25) is 0 Å². The average Bonchev–Trinajstić information content (AvgIpc) is 2.76. The highest BCUT2D eigenvalue weighted by Gasteiger charge is 2.11. The molecule has 1 aromatic heterocycles. The number of phenols is 1. The van der Waals surface area contributed by atoms with E-state index in [-0.39, 0.29) is 11.5 Å². The molecule has 0 amide bonds. The molecule has 2 rings (SSSR count). The third kappa shape index (κ3) is 3.51. The van der Waals surface area contributed by atoms with Gasteiger partial charge in [-0.3, -0.25) is 4.79 Å². The molecule has 0 unspecified atom stereocenters. The van der Waals surface area contributed by atoms with Crippen molar-refractivity contribution in [2.45, 2.75) is 18.0 Å². The molecule has 0 bridgehead atoms. The summed E-state index contributed by atoms with van der Waals surface area (Å²) in [5, 5.41) is 27.0. The number of phenolic OH excluding ortho intramolecular Hbond substituents is 1. The lowest BCUT2D eigenvalue weighted by Crippen LogP contribution is -2.03. The number of benzene rings is 1. The quantitative estimate of drug-likeness (QED) is 0.784. The molecule has 0 radical (unpaired) electrons. The van der Waals surface area contributed by atoms with Gasteiger partial charge in [-0.1, -0.05) is 30.0 Å². The first-order valence-corrected chi connectivity index (χ1v) is 7.06. The van der Waals surface area contributed by atoms with E-state index in [1.165, 1.54) is 0 Å². The molecule has 2 N–H and O–H groups in total. The molecule has 0 atom stereocenters. The fourth-order valence-electron chi connectivity index (χ4n) is 1.78. The normalized spacial score (nSPS) is 10.7. The minimum absolute atomic E-state index is 0.0363. The summed E-state index contributed by atoms with van der Waals surface area (Å²) >= 11 is 1.14. The molecule has 7 heteroatoms. The van der Waals surface area contributed by atoms with Crippen molar-refractivity contribution < 1.29 is 15.0 Å². The van der Waals surface area contributed by atoms with Crippen LogP contribution in [0.1, 0.15) is 11.4 Å². The maximum Gasteiger partial charge on any atom is 0.313 e. The van der Waals surface area contributed by atoms with Crippen LogP contribution in [-0.4, -0.2) is 36.7 Å². The van der Waals surface area contributed by atoms with Gasteiger partial charge < -0.3 is 14.8 Å². The number of carboxylic acids is 1. The van der Waals surface area contributed by atoms with Gasteiger partial charge in [0, 0.05) is 13.5 Å². The molecule has 1 heterocycles. The summed E-state index contributed by atoms with van der Waals surface area (Å²) in [5.74, 6) is 0.121. The number of carbonyl (C=O) groups is 1. The summed E-state index contributed by atoms with van der Waals surface area (Å²) in [5.41, 5.74) is 0.857. The largest absolute Gasteiger partial charge is 0.508 e. The lowest BCUT2D eigenvalue weighted by molar-refractivity contribution is -0.133. The Kier molecular flexibility index (Phi) is 4.62. The van der Waals surface area contributed by atoms with Crippen LogP contribution in [0.15, 0.2) is 29.4 Å². The Labute approximate surface area is 120 Å². The highest BCUT2D eigenvalue weighted by Crippen LogP contribution is 2.19. The first kappa shape index (κ1) is 14.4. The van der Waals surface area contributed by atoms with Crippen LogP contribution in [0.4, 0.5) is 0 Å². The SMILES string of the molecule is Cn1c(CCc2ccccc2O)nnc1SCC(=O)O. The zero-order chi connectivity index (χ0) is 14.5. The predicted molar refractivity (Wildman–Crippen MR) is 74.9 cm³/mol. The second-order valence-corrected chi connectivity index (χ2v) is 5.21. The molecular formula is C13H15N3O3S. The lowest BCUT2D eigenvalue weighted by atomic mass is 10.1. The van der Waals surface area contributed by atoms with Crippen molar-refractivity contribution in [2.75, 3.05) is 5.75 Å². The number of aromatic nitrogens is 3. The molecule has 6 nitrogen and oxygen atoms in total. The molecule has 0 saturated heterocycles. The minimum atomic E-state index is -0.881. The van der Waals surface area contributed by atoms with Gasteiger partial charge in [0.25, 0.3) is 0 Å². The van der Waals surface area contributed by atoms with Crippen molar-refractivity contribution in [3.63, 3.8) is 0 Å². The van der Waals surface area contributed by atoms with Gasteiger partial charge in [-0.05, 0) is 18.1 Å². The fraction of sp³-hybridized carbons (Fsp3) is 0.308. The van der Waals surface area contributed by atoms with Crippen molar-refractivity contribution in [3.8, 4) is 5.75 Å². The number of hydrogen-bond acceptors (Lipinski definition) is 5. The third-order valence-corrected chi connectivity index (χ3v) is 3.86. The van der Waals surface area contributed by atoms with Crippen LogP contribution in [0.5, 0.6) is 5.75 Å². The standard InChI is InChI=1S/C13H15N3O3S/c1-16-11(14-15-13(16)20-8-12(18)19)7-6-9-4-2-3-5-10(9)17/h2-5,17H,6-8H2,1H3,(H,18,19). The molecular weight excluding hydrogens is 278 g/mol. The van der Waals surface area contributed by atoms with Gasteiger partial charge in [0.1, 0.15) is 11.6 Å². The molecule has 1 aromatic carbocycles. The number of hydrogen-bond donors (Lipinski definition) is 2. The number of nitrogens with zero attached hydrogens (tertiary/aromatic N) is 3. The number of rotatable bonds is 6. The van der Waals surface area contributed by atoms with E-state index in [1.807, 2.05) is 19.2 Å². The Morgan fingerprint density at radius 2 is 2.05 bits per heavy atom. The van der Waals surface area contributed by atoms with E-state index < -0.39 is 5.97 Å². The third-order valence-electron chi connectivity index (χ3n) is 2.86. The van der Waals surface area contributed by atoms with Crippen molar-refractivity contribution in [3.05, 3.63) is 35.7 Å². The Hall–Kier alpha value is -2.02. The highest BCUT2D eigenvalue weighted by atomic mass is 32.2. The van der Waals surface area contributed by atoms with Gasteiger partial charge in [-0.25, -0.2) is 0 Å². The molecule has 0 fully saturated rings. The maximum atomic E-state index is 10.5. The summed E-state index contributed by atoms with van der Waals surface area (Å²) < 4.78 is 1.79.